The van der Waals surface area contributed by atoms with Crippen molar-refractivity contribution >= 4 is 35.2 Å². The molecule has 8 heteroatoms. The summed E-state index contributed by atoms with van der Waals surface area (Å²) in [5, 5.41) is 9.47. The summed E-state index contributed by atoms with van der Waals surface area (Å²) in [7, 11) is 0. The van der Waals surface area contributed by atoms with Gasteiger partial charge in [0, 0.05) is 24.0 Å². The van der Waals surface area contributed by atoms with Crippen LogP contribution in [0.5, 0.6) is 0 Å². The van der Waals surface area contributed by atoms with E-state index in [9.17, 15) is 19.5 Å². The first kappa shape index (κ1) is 21.3. The highest BCUT2D eigenvalue weighted by Crippen LogP contribution is 2.61. The molecule has 0 saturated carbocycles. The summed E-state index contributed by atoms with van der Waals surface area (Å²) in [4.78, 5) is 43.8. The lowest BCUT2D eigenvalue weighted by molar-refractivity contribution is -0.151. The Morgan fingerprint density at radius 1 is 1.16 bits per heavy atom. The number of thioether (sulfide) groups is 1. The number of aliphatic hydroxyl groups excluding tert-OH is 1. The number of fused-ring (bicyclic) bond motifs is 2. The molecule has 7 nitrogen and oxygen atoms in total. The summed E-state index contributed by atoms with van der Waals surface area (Å²) in [5.74, 6) is -2.20. The Morgan fingerprint density at radius 2 is 1.91 bits per heavy atom. The Kier molecular flexibility index (Phi) is 5.17. The number of benzene rings is 1. The van der Waals surface area contributed by atoms with Gasteiger partial charge in [-0.25, -0.2) is 0 Å². The molecule has 168 valence electrons. The number of hydrogen-bond donors (Lipinski definition) is 1. The maximum absolute atomic E-state index is 14.1. The molecule has 0 radical (unpaired) electrons. The van der Waals surface area contributed by atoms with Crippen LogP contribution in [0.4, 0.5) is 5.69 Å². The second kappa shape index (κ2) is 7.78. The second-order valence-corrected chi connectivity index (χ2v) is 10.2. The van der Waals surface area contributed by atoms with Gasteiger partial charge in [0.15, 0.2) is 0 Å². The molecule has 1 aromatic rings. The fraction of sp³-hybridized carbons (Fsp3) is 0.458. The molecule has 2 amide bonds. The van der Waals surface area contributed by atoms with Gasteiger partial charge in [-0.05, 0) is 25.0 Å². The van der Waals surface area contributed by atoms with E-state index in [1.54, 1.807) is 4.90 Å². The Hall–Kier alpha value is -2.58. The number of likely N-dealkylation sites (tertiary alicyclic amines) is 1. The highest BCUT2D eigenvalue weighted by atomic mass is 32.2. The SMILES string of the molecule is Cc1cccc(C)c1N1CC=C[C@]23S[C@H]4C=CCOC(=O)[C@H]4[C@H]2C(=O)N(CCO)C3C1=O. The van der Waals surface area contributed by atoms with Crippen molar-refractivity contribution in [1.29, 1.82) is 0 Å². The molecule has 0 aliphatic carbocycles. The number of ether oxygens (including phenoxy) is 1. The van der Waals surface area contributed by atoms with E-state index in [-0.39, 0.29) is 36.8 Å². The van der Waals surface area contributed by atoms with Gasteiger partial charge in [0.1, 0.15) is 12.6 Å². The van der Waals surface area contributed by atoms with Gasteiger partial charge >= 0.3 is 5.97 Å². The zero-order valence-corrected chi connectivity index (χ0v) is 18.9. The van der Waals surface area contributed by atoms with Crippen LogP contribution in [0.3, 0.4) is 0 Å². The number of hydrogen-bond acceptors (Lipinski definition) is 6. The summed E-state index contributed by atoms with van der Waals surface area (Å²) in [5.41, 5.74) is 2.80. The van der Waals surface area contributed by atoms with E-state index in [0.717, 1.165) is 16.8 Å². The Bertz CT molecular complexity index is 1030. The Balaban J connectivity index is 1.65. The molecular formula is C24H26N2O5S. The van der Waals surface area contributed by atoms with Crippen LogP contribution < -0.4 is 4.90 Å². The number of aryl methyl sites for hydroxylation is 2. The van der Waals surface area contributed by atoms with Crippen molar-refractivity contribution in [3.05, 3.63) is 53.6 Å². The smallest absolute Gasteiger partial charge is 0.311 e. The predicted molar refractivity (Wildman–Crippen MR) is 121 cm³/mol. The zero-order chi connectivity index (χ0) is 22.6. The molecule has 32 heavy (non-hydrogen) atoms. The van der Waals surface area contributed by atoms with Crippen molar-refractivity contribution in [1.82, 2.24) is 4.90 Å². The third-order valence-corrected chi connectivity index (χ3v) is 8.71. The molecular weight excluding hydrogens is 428 g/mol. The molecule has 1 spiro atoms. The number of nitrogens with zero attached hydrogens (tertiary/aromatic N) is 2. The number of carbonyl (C=O) groups is 3. The monoisotopic (exact) mass is 454 g/mol. The van der Waals surface area contributed by atoms with Gasteiger partial charge in [-0.15, -0.1) is 11.8 Å². The maximum Gasteiger partial charge on any atom is 0.311 e. The second-order valence-electron chi connectivity index (χ2n) is 8.75. The average Bonchev–Trinajstić information content (AvgIpc) is 3.04. The minimum atomic E-state index is -0.884. The number of anilines is 1. The number of cyclic esters (lactones) is 1. The number of β-amino-alcohol motifs (C(OH)–C–C–N with tert-alkyl or cyclic N) is 1. The molecule has 1 unspecified atom stereocenters. The number of para-hydroxylation sites is 1. The summed E-state index contributed by atoms with van der Waals surface area (Å²) in [6.45, 7) is 4.31. The van der Waals surface area contributed by atoms with Crippen LogP contribution >= 0.6 is 11.8 Å². The molecule has 0 aromatic heterocycles. The van der Waals surface area contributed by atoms with Crippen molar-refractivity contribution in [2.45, 2.75) is 29.9 Å². The first-order chi connectivity index (χ1) is 15.4. The minimum absolute atomic E-state index is 0.0464. The lowest BCUT2D eigenvalue weighted by Gasteiger charge is -2.35. The van der Waals surface area contributed by atoms with Crippen molar-refractivity contribution in [2.75, 3.05) is 31.2 Å². The Labute approximate surface area is 191 Å². The van der Waals surface area contributed by atoms with E-state index in [0.29, 0.717) is 6.54 Å². The van der Waals surface area contributed by atoms with Crippen LogP contribution in [0.1, 0.15) is 11.1 Å². The lowest BCUT2D eigenvalue weighted by Crippen LogP contribution is -2.54. The lowest BCUT2D eigenvalue weighted by atomic mass is 9.78. The summed E-state index contributed by atoms with van der Waals surface area (Å²) < 4.78 is 4.46. The van der Waals surface area contributed by atoms with Crippen LogP contribution in [0.25, 0.3) is 0 Å². The molecule has 5 atom stereocenters. The van der Waals surface area contributed by atoms with Crippen molar-refractivity contribution in [3.63, 3.8) is 0 Å². The first-order valence-electron chi connectivity index (χ1n) is 10.9. The topological polar surface area (TPSA) is 87.2 Å². The average molecular weight is 455 g/mol. The molecule has 4 aliphatic rings. The standard InChI is InChI=1S/C24H26N2O5S/c1-14-6-3-7-15(2)19(14)25-10-5-9-24-18(17-16(32-24)8-4-13-31-23(17)30)21(28)26(11-12-27)20(24)22(25)29/h3-9,16-18,20,27H,10-13H2,1-2H3/t16-,17+,18-,20?,24-/m0/s1. The summed E-state index contributed by atoms with van der Waals surface area (Å²) >= 11 is 1.50. The van der Waals surface area contributed by atoms with Crippen LogP contribution in [0.2, 0.25) is 0 Å². The maximum atomic E-state index is 14.1. The number of esters is 1. The van der Waals surface area contributed by atoms with Gasteiger partial charge < -0.3 is 19.6 Å². The molecule has 4 heterocycles. The van der Waals surface area contributed by atoms with Gasteiger partial charge in [-0.2, -0.15) is 0 Å². The van der Waals surface area contributed by atoms with E-state index in [1.165, 1.54) is 16.7 Å². The van der Waals surface area contributed by atoms with Crippen molar-refractivity contribution < 1.29 is 24.2 Å². The van der Waals surface area contributed by atoms with Gasteiger partial charge in [0.05, 0.1) is 23.2 Å². The third kappa shape index (κ3) is 2.89. The zero-order valence-electron chi connectivity index (χ0n) is 18.1. The van der Waals surface area contributed by atoms with Gasteiger partial charge in [-0.3, -0.25) is 14.4 Å². The molecule has 2 saturated heterocycles. The normalized spacial score (nSPS) is 33.5. The van der Waals surface area contributed by atoms with Crippen molar-refractivity contribution in [2.24, 2.45) is 11.8 Å². The largest absolute Gasteiger partial charge is 0.461 e. The predicted octanol–water partition coefficient (Wildman–Crippen LogP) is 1.61. The molecule has 5 rings (SSSR count). The third-order valence-electron chi connectivity index (χ3n) is 6.96. The Morgan fingerprint density at radius 3 is 2.62 bits per heavy atom. The van der Waals surface area contributed by atoms with Gasteiger partial charge in [0.2, 0.25) is 5.91 Å². The summed E-state index contributed by atoms with van der Waals surface area (Å²) in [6.07, 6.45) is 7.65. The van der Waals surface area contributed by atoms with Crippen molar-refractivity contribution in [3.8, 4) is 0 Å². The van der Waals surface area contributed by atoms with Crippen LogP contribution in [-0.2, 0) is 19.1 Å². The van der Waals surface area contributed by atoms with Crippen LogP contribution in [-0.4, -0.2) is 70.1 Å². The van der Waals surface area contributed by atoms with Crippen LogP contribution in [0, 0.1) is 25.7 Å². The number of rotatable bonds is 3. The highest BCUT2D eigenvalue weighted by Gasteiger charge is 2.71. The highest BCUT2D eigenvalue weighted by molar-refractivity contribution is 8.02. The summed E-state index contributed by atoms with van der Waals surface area (Å²) in [6, 6.07) is 5.09. The molecule has 2 fully saturated rings. The molecule has 1 N–H and O–H groups in total. The molecule has 1 aromatic carbocycles. The van der Waals surface area contributed by atoms with Crippen LogP contribution in [0.15, 0.2) is 42.5 Å². The number of carbonyl (C=O) groups excluding carboxylic acids is 3. The molecule has 0 bridgehead atoms. The van der Waals surface area contributed by atoms with E-state index < -0.39 is 28.6 Å². The molecule has 4 aliphatic heterocycles. The van der Waals surface area contributed by atoms with Gasteiger partial charge in [-0.1, -0.05) is 42.5 Å². The van der Waals surface area contributed by atoms with E-state index in [2.05, 4.69) is 0 Å². The van der Waals surface area contributed by atoms with E-state index >= 15 is 0 Å². The number of aliphatic hydroxyl groups is 1. The van der Waals surface area contributed by atoms with E-state index in [4.69, 9.17) is 4.74 Å². The van der Waals surface area contributed by atoms with E-state index in [1.807, 2.05) is 56.4 Å². The first-order valence-corrected chi connectivity index (χ1v) is 11.8. The fourth-order valence-corrected chi connectivity index (χ4v) is 7.75. The minimum Gasteiger partial charge on any atom is -0.461 e. The quantitative estimate of drug-likeness (QED) is 0.552. The number of amides is 2. The fourth-order valence-electron chi connectivity index (χ4n) is 5.75. The van der Waals surface area contributed by atoms with Gasteiger partial charge in [0.25, 0.3) is 5.91 Å².